The van der Waals surface area contributed by atoms with Crippen LogP contribution in [0.5, 0.6) is 5.75 Å². The number of amides is 1. The van der Waals surface area contributed by atoms with Crippen LogP contribution in [-0.2, 0) is 14.8 Å². The van der Waals surface area contributed by atoms with Crippen LogP contribution in [-0.4, -0.2) is 44.6 Å². The zero-order chi connectivity index (χ0) is 20.7. The zero-order valence-corrected chi connectivity index (χ0v) is 18.3. The summed E-state index contributed by atoms with van der Waals surface area (Å²) in [4.78, 5) is 13.3. The minimum absolute atomic E-state index is 0.103. The minimum Gasteiger partial charge on any atom is -0.495 e. The fraction of sp³-hybridized carbons (Fsp3) is 0.316. The van der Waals surface area contributed by atoms with E-state index in [1.165, 1.54) is 41.4 Å². The molecule has 9 heteroatoms. The van der Waals surface area contributed by atoms with Crippen molar-refractivity contribution in [1.29, 1.82) is 0 Å². The van der Waals surface area contributed by atoms with Gasteiger partial charge in [0.05, 0.1) is 28.5 Å². The van der Waals surface area contributed by atoms with Gasteiger partial charge in [-0.3, -0.25) is 4.79 Å². The van der Waals surface area contributed by atoms with Crippen molar-refractivity contribution in [2.45, 2.75) is 23.6 Å². The van der Waals surface area contributed by atoms with Crippen molar-refractivity contribution in [3.05, 3.63) is 47.5 Å². The zero-order valence-electron chi connectivity index (χ0n) is 15.9. The van der Waals surface area contributed by atoms with Crippen molar-refractivity contribution in [1.82, 2.24) is 4.31 Å². The lowest BCUT2D eigenvalue weighted by Gasteiger charge is -2.19. The van der Waals surface area contributed by atoms with Crippen molar-refractivity contribution in [3.63, 3.8) is 0 Å². The molecule has 0 atom stereocenters. The van der Waals surface area contributed by atoms with Crippen molar-refractivity contribution in [2.75, 3.05) is 31.3 Å². The molecule has 0 saturated heterocycles. The molecule has 28 heavy (non-hydrogen) atoms. The van der Waals surface area contributed by atoms with E-state index < -0.39 is 10.0 Å². The molecule has 0 aliphatic heterocycles. The van der Waals surface area contributed by atoms with E-state index in [0.29, 0.717) is 29.5 Å². The first-order valence-electron chi connectivity index (χ1n) is 8.68. The number of rotatable bonds is 9. The third kappa shape index (κ3) is 5.41. The topological polar surface area (TPSA) is 75.7 Å². The maximum atomic E-state index is 12.7. The number of hydrogen-bond donors (Lipinski definition) is 1. The number of benzene rings is 2. The number of sulfonamides is 1. The number of anilines is 1. The molecule has 0 aliphatic rings. The number of carbonyl (C=O) groups excluding carboxylic acids is 1. The van der Waals surface area contributed by atoms with Crippen LogP contribution in [0.15, 0.2) is 52.3 Å². The van der Waals surface area contributed by atoms with Gasteiger partial charge in [-0.1, -0.05) is 37.6 Å². The van der Waals surface area contributed by atoms with Crippen LogP contribution >= 0.6 is 23.4 Å². The van der Waals surface area contributed by atoms with Gasteiger partial charge < -0.3 is 10.1 Å². The average Bonchev–Trinajstić information content (AvgIpc) is 2.68. The molecular formula is C19H23ClN2O4S2. The molecule has 152 valence electrons. The number of methoxy groups -OCH3 is 1. The highest BCUT2D eigenvalue weighted by Crippen LogP contribution is 2.30. The number of thioether (sulfide) groups is 1. The Morgan fingerprint density at radius 3 is 2.46 bits per heavy atom. The minimum atomic E-state index is -3.64. The van der Waals surface area contributed by atoms with E-state index in [0.717, 1.165) is 4.90 Å². The van der Waals surface area contributed by atoms with Crippen molar-refractivity contribution in [3.8, 4) is 5.75 Å². The van der Waals surface area contributed by atoms with Gasteiger partial charge in [0.25, 0.3) is 0 Å². The van der Waals surface area contributed by atoms with Crippen LogP contribution in [0, 0.1) is 0 Å². The molecule has 0 bridgehead atoms. The van der Waals surface area contributed by atoms with Crippen LogP contribution in [0.2, 0.25) is 5.02 Å². The van der Waals surface area contributed by atoms with E-state index in [1.807, 2.05) is 18.2 Å². The lowest BCUT2D eigenvalue weighted by molar-refractivity contribution is -0.113. The monoisotopic (exact) mass is 442 g/mol. The largest absolute Gasteiger partial charge is 0.495 e. The summed E-state index contributed by atoms with van der Waals surface area (Å²) in [6.07, 6.45) is 0. The summed E-state index contributed by atoms with van der Waals surface area (Å²) in [5, 5.41) is 3.30. The summed E-state index contributed by atoms with van der Waals surface area (Å²) < 4.78 is 32.1. The number of hydrogen-bond acceptors (Lipinski definition) is 5. The SMILES string of the molecule is CCN(CC)S(=O)(=O)c1ccc(OC)c(NC(=O)CSc2ccccc2Cl)c1. The molecule has 6 nitrogen and oxygen atoms in total. The molecule has 1 amide bonds. The Morgan fingerprint density at radius 2 is 1.86 bits per heavy atom. The molecule has 0 aromatic heterocycles. The second-order valence-electron chi connectivity index (χ2n) is 5.72. The second kappa shape index (κ2) is 10.2. The average molecular weight is 443 g/mol. The molecule has 1 N–H and O–H groups in total. The fourth-order valence-corrected chi connectivity index (χ4v) is 5.07. The number of nitrogens with one attached hydrogen (secondary N) is 1. The lowest BCUT2D eigenvalue weighted by atomic mass is 10.3. The van der Waals surface area contributed by atoms with Gasteiger partial charge >= 0.3 is 0 Å². The third-order valence-corrected chi connectivity index (χ3v) is 7.54. The number of halogens is 1. The Hall–Kier alpha value is -1.74. The van der Waals surface area contributed by atoms with Crippen LogP contribution in [0.25, 0.3) is 0 Å². The molecule has 2 rings (SSSR count). The smallest absolute Gasteiger partial charge is 0.243 e. The van der Waals surface area contributed by atoms with E-state index in [-0.39, 0.29) is 16.6 Å². The van der Waals surface area contributed by atoms with Gasteiger partial charge in [-0.15, -0.1) is 11.8 Å². The van der Waals surface area contributed by atoms with E-state index in [4.69, 9.17) is 16.3 Å². The van der Waals surface area contributed by atoms with Gasteiger partial charge in [0, 0.05) is 18.0 Å². The predicted octanol–water partition coefficient (Wildman–Crippen LogP) is 4.11. The van der Waals surface area contributed by atoms with Crippen LogP contribution in [0.1, 0.15) is 13.8 Å². The highest BCUT2D eigenvalue weighted by atomic mass is 35.5. The maximum Gasteiger partial charge on any atom is 0.243 e. The van der Waals surface area contributed by atoms with Crippen LogP contribution < -0.4 is 10.1 Å². The van der Waals surface area contributed by atoms with E-state index in [1.54, 1.807) is 19.9 Å². The van der Waals surface area contributed by atoms with E-state index in [9.17, 15) is 13.2 Å². The standard InChI is InChI=1S/C19H23ClN2O4S2/c1-4-22(5-2)28(24,25)14-10-11-17(26-3)16(12-14)21-19(23)13-27-18-9-7-6-8-15(18)20/h6-12H,4-5,13H2,1-3H3,(H,21,23). The van der Waals surface area contributed by atoms with Gasteiger partial charge in [-0.2, -0.15) is 4.31 Å². The Bertz CT molecular complexity index is 931. The van der Waals surface area contributed by atoms with Crippen LogP contribution in [0.4, 0.5) is 5.69 Å². The summed E-state index contributed by atoms with van der Waals surface area (Å²) in [7, 11) is -2.18. The molecular weight excluding hydrogens is 420 g/mol. The number of ether oxygens (including phenoxy) is 1. The predicted molar refractivity (Wildman–Crippen MR) is 114 cm³/mol. The van der Waals surface area contributed by atoms with Crippen LogP contribution in [0.3, 0.4) is 0 Å². The summed E-state index contributed by atoms with van der Waals surface area (Å²) in [6.45, 7) is 4.28. The highest BCUT2D eigenvalue weighted by molar-refractivity contribution is 8.00. The molecule has 2 aromatic carbocycles. The molecule has 0 heterocycles. The molecule has 0 radical (unpaired) electrons. The van der Waals surface area contributed by atoms with Gasteiger partial charge in [-0.25, -0.2) is 8.42 Å². The molecule has 2 aromatic rings. The van der Waals surface area contributed by atoms with E-state index >= 15 is 0 Å². The van der Waals surface area contributed by atoms with Crippen molar-refractivity contribution >= 4 is 45.0 Å². The highest BCUT2D eigenvalue weighted by Gasteiger charge is 2.23. The van der Waals surface area contributed by atoms with Gasteiger partial charge in [-0.05, 0) is 30.3 Å². The first-order valence-corrected chi connectivity index (χ1v) is 11.5. The van der Waals surface area contributed by atoms with Crippen molar-refractivity contribution < 1.29 is 17.9 Å². The molecule has 0 fully saturated rings. The molecule has 0 unspecified atom stereocenters. The first-order chi connectivity index (χ1) is 13.3. The third-order valence-electron chi connectivity index (χ3n) is 3.98. The molecule has 0 saturated carbocycles. The van der Waals surface area contributed by atoms with Gasteiger partial charge in [0.1, 0.15) is 5.75 Å². The van der Waals surface area contributed by atoms with E-state index in [2.05, 4.69) is 5.32 Å². The number of carbonyl (C=O) groups is 1. The van der Waals surface area contributed by atoms with Gasteiger partial charge in [0.15, 0.2) is 0 Å². The Kier molecular flexibility index (Phi) is 8.18. The normalized spacial score (nSPS) is 11.5. The quantitative estimate of drug-likeness (QED) is 0.591. The Labute approximate surface area is 175 Å². The molecule has 0 aliphatic carbocycles. The lowest BCUT2D eigenvalue weighted by Crippen LogP contribution is -2.30. The Balaban J connectivity index is 2.20. The Morgan fingerprint density at radius 1 is 1.18 bits per heavy atom. The fourth-order valence-electron chi connectivity index (χ4n) is 2.55. The van der Waals surface area contributed by atoms with Crippen molar-refractivity contribution in [2.24, 2.45) is 0 Å². The number of nitrogens with zero attached hydrogens (tertiary/aromatic N) is 1. The summed E-state index contributed by atoms with van der Waals surface area (Å²) in [6, 6.07) is 11.7. The summed E-state index contributed by atoms with van der Waals surface area (Å²) in [5.41, 5.74) is 0.306. The summed E-state index contributed by atoms with van der Waals surface area (Å²) >= 11 is 7.40. The maximum absolute atomic E-state index is 12.7. The first kappa shape index (κ1) is 22.5. The summed E-state index contributed by atoms with van der Waals surface area (Å²) in [5.74, 6) is 0.218. The van der Waals surface area contributed by atoms with Gasteiger partial charge in [0.2, 0.25) is 15.9 Å². The second-order valence-corrected chi connectivity index (χ2v) is 9.08. The molecule has 0 spiro atoms.